The zero-order valence-electron chi connectivity index (χ0n) is 17.5. The van der Waals surface area contributed by atoms with Gasteiger partial charge in [-0.1, -0.05) is 0 Å². The molecule has 0 bridgehead atoms. The van der Waals surface area contributed by atoms with Gasteiger partial charge >= 0.3 is 0 Å². The first kappa shape index (κ1) is 23.3. The third-order valence-corrected chi connectivity index (χ3v) is 4.98. The van der Waals surface area contributed by atoms with Crippen LogP contribution >= 0.6 is 24.0 Å². The zero-order chi connectivity index (χ0) is 19.8. The fourth-order valence-corrected chi connectivity index (χ4v) is 3.34. The van der Waals surface area contributed by atoms with Gasteiger partial charge in [0.15, 0.2) is 5.96 Å². The van der Waals surface area contributed by atoms with Gasteiger partial charge in [0, 0.05) is 31.4 Å². The number of methoxy groups -OCH3 is 1. The van der Waals surface area contributed by atoms with Gasteiger partial charge in [-0.2, -0.15) is 5.10 Å². The van der Waals surface area contributed by atoms with Crippen LogP contribution in [0.15, 0.2) is 35.5 Å². The lowest BCUT2D eigenvalue weighted by Gasteiger charge is -2.17. The van der Waals surface area contributed by atoms with Gasteiger partial charge in [0.1, 0.15) is 11.5 Å². The average molecular weight is 513 g/mol. The van der Waals surface area contributed by atoms with Gasteiger partial charge in [0.05, 0.1) is 32.0 Å². The van der Waals surface area contributed by atoms with E-state index in [0.717, 1.165) is 48.1 Å². The van der Waals surface area contributed by atoms with E-state index in [0.29, 0.717) is 19.2 Å². The lowest BCUT2D eigenvalue weighted by atomic mass is 10.2. The van der Waals surface area contributed by atoms with Crippen LogP contribution in [0, 0.1) is 0 Å². The van der Waals surface area contributed by atoms with Crippen molar-refractivity contribution in [3.8, 4) is 11.5 Å². The highest BCUT2D eigenvalue weighted by molar-refractivity contribution is 14.0. The number of hydrogen-bond acceptors (Lipinski definition) is 4. The topological polar surface area (TPSA) is 72.7 Å². The smallest absolute Gasteiger partial charge is 0.191 e. The number of hydrogen-bond donors (Lipinski definition) is 2. The van der Waals surface area contributed by atoms with Crippen LogP contribution in [0.1, 0.15) is 43.9 Å². The summed E-state index contributed by atoms with van der Waals surface area (Å²) in [6.45, 7) is 4.05. The monoisotopic (exact) mass is 513 g/mol. The minimum absolute atomic E-state index is 0. The van der Waals surface area contributed by atoms with Crippen LogP contribution in [-0.4, -0.2) is 35.5 Å². The van der Waals surface area contributed by atoms with E-state index in [-0.39, 0.29) is 24.0 Å². The molecule has 1 aromatic carbocycles. The number of aliphatic imine (C=N–C) groups is 1. The van der Waals surface area contributed by atoms with Crippen molar-refractivity contribution in [2.45, 2.75) is 51.8 Å². The fourth-order valence-electron chi connectivity index (χ4n) is 3.34. The molecule has 1 aliphatic carbocycles. The summed E-state index contributed by atoms with van der Waals surface area (Å²) in [6, 6.07) is 7.96. The van der Waals surface area contributed by atoms with E-state index in [1.54, 1.807) is 13.3 Å². The van der Waals surface area contributed by atoms with Crippen LogP contribution in [0.25, 0.3) is 0 Å². The molecule has 2 aromatic rings. The van der Waals surface area contributed by atoms with Gasteiger partial charge in [-0.15, -0.1) is 24.0 Å². The molecule has 0 amide bonds. The summed E-state index contributed by atoms with van der Waals surface area (Å²) in [4.78, 5) is 4.75. The number of aryl methyl sites for hydroxylation is 1. The van der Waals surface area contributed by atoms with E-state index in [1.807, 2.05) is 36.0 Å². The van der Waals surface area contributed by atoms with Crippen molar-refractivity contribution in [3.05, 3.63) is 41.7 Å². The van der Waals surface area contributed by atoms with Gasteiger partial charge in [-0.25, -0.2) is 4.99 Å². The highest BCUT2D eigenvalue weighted by Crippen LogP contribution is 2.30. The molecule has 7 nitrogen and oxygen atoms in total. The zero-order valence-corrected chi connectivity index (χ0v) is 19.8. The molecular weight excluding hydrogens is 481 g/mol. The molecule has 0 aliphatic heterocycles. The van der Waals surface area contributed by atoms with Crippen molar-refractivity contribution in [1.29, 1.82) is 0 Å². The first-order valence-electron chi connectivity index (χ1n) is 10.0. The quantitative estimate of drug-likeness (QED) is 0.321. The Morgan fingerprint density at radius 3 is 2.69 bits per heavy atom. The molecule has 0 radical (unpaired) electrons. The van der Waals surface area contributed by atoms with E-state index in [1.165, 1.54) is 12.8 Å². The van der Waals surface area contributed by atoms with Crippen molar-refractivity contribution in [3.63, 3.8) is 0 Å². The molecule has 1 fully saturated rings. The Hall–Kier alpha value is -1.97. The van der Waals surface area contributed by atoms with Gasteiger partial charge < -0.3 is 20.1 Å². The summed E-state index contributed by atoms with van der Waals surface area (Å²) in [6.07, 6.45) is 6.82. The van der Waals surface area contributed by atoms with Gasteiger partial charge in [-0.3, -0.25) is 4.68 Å². The summed E-state index contributed by atoms with van der Waals surface area (Å²) in [5, 5.41) is 10.9. The maximum Gasteiger partial charge on any atom is 0.191 e. The number of nitrogens with zero attached hydrogens (tertiary/aromatic N) is 3. The minimum Gasteiger partial charge on any atom is -0.497 e. The molecule has 8 heteroatoms. The Morgan fingerprint density at radius 2 is 2.03 bits per heavy atom. The lowest BCUT2D eigenvalue weighted by Crippen LogP contribution is -2.37. The summed E-state index contributed by atoms with van der Waals surface area (Å²) >= 11 is 0. The Morgan fingerprint density at radius 1 is 1.24 bits per heavy atom. The molecule has 0 spiro atoms. The second kappa shape index (κ2) is 11.9. The van der Waals surface area contributed by atoms with Crippen LogP contribution in [0.5, 0.6) is 11.5 Å². The summed E-state index contributed by atoms with van der Waals surface area (Å²) in [7, 11) is 3.61. The first-order chi connectivity index (χ1) is 13.7. The Balaban J connectivity index is 0.00000300. The molecule has 0 saturated heterocycles. The highest BCUT2D eigenvalue weighted by atomic mass is 127. The largest absolute Gasteiger partial charge is 0.497 e. The Kier molecular flexibility index (Phi) is 9.56. The lowest BCUT2D eigenvalue weighted by molar-refractivity contribution is 0.207. The summed E-state index contributed by atoms with van der Waals surface area (Å²) < 4.78 is 13.5. The normalized spacial score (nSPS) is 14.4. The van der Waals surface area contributed by atoms with Gasteiger partial charge in [-0.05, 0) is 50.8 Å². The van der Waals surface area contributed by atoms with E-state index >= 15 is 0 Å². The van der Waals surface area contributed by atoms with Gasteiger partial charge in [0.2, 0.25) is 0 Å². The van der Waals surface area contributed by atoms with E-state index < -0.39 is 0 Å². The molecule has 160 valence electrons. The fraction of sp³-hybridized carbons (Fsp3) is 0.524. The second-order valence-electron chi connectivity index (χ2n) is 6.99. The third kappa shape index (κ3) is 6.80. The number of benzene rings is 1. The van der Waals surface area contributed by atoms with Crippen LogP contribution in [0.2, 0.25) is 0 Å². The summed E-state index contributed by atoms with van der Waals surface area (Å²) in [5.41, 5.74) is 2.16. The maximum absolute atomic E-state index is 6.27. The number of halogens is 1. The maximum atomic E-state index is 6.27. The van der Waals surface area contributed by atoms with Crippen molar-refractivity contribution in [2.24, 2.45) is 12.0 Å². The van der Waals surface area contributed by atoms with Gasteiger partial charge in [0.25, 0.3) is 0 Å². The molecule has 2 N–H and O–H groups in total. The third-order valence-electron chi connectivity index (χ3n) is 4.98. The molecule has 3 rings (SSSR count). The van der Waals surface area contributed by atoms with Crippen molar-refractivity contribution >= 4 is 29.9 Å². The van der Waals surface area contributed by atoms with Crippen LogP contribution in [0.4, 0.5) is 0 Å². The SMILES string of the molecule is CCNC(=NCc1ccc(OC)cc1OC1CCCC1)NCc1ccnn1C.I. The Labute approximate surface area is 190 Å². The predicted molar refractivity (Wildman–Crippen MR) is 126 cm³/mol. The molecule has 0 unspecified atom stereocenters. The molecule has 29 heavy (non-hydrogen) atoms. The van der Waals surface area contributed by atoms with E-state index in [4.69, 9.17) is 14.5 Å². The van der Waals surface area contributed by atoms with Crippen LogP contribution in [-0.2, 0) is 20.1 Å². The minimum atomic E-state index is 0. The molecular formula is C21H32IN5O2. The van der Waals surface area contributed by atoms with Crippen molar-refractivity contribution < 1.29 is 9.47 Å². The predicted octanol–water partition coefficient (Wildman–Crippen LogP) is 3.62. The molecule has 1 aliphatic rings. The number of aromatic nitrogens is 2. The highest BCUT2D eigenvalue weighted by Gasteiger charge is 2.18. The van der Waals surface area contributed by atoms with E-state index in [9.17, 15) is 0 Å². The molecule has 1 saturated carbocycles. The molecule has 1 heterocycles. The number of rotatable bonds is 8. The van der Waals surface area contributed by atoms with Crippen LogP contribution in [0.3, 0.4) is 0 Å². The second-order valence-corrected chi connectivity index (χ2v) is 6.99. The summed E-state index contributed by atoms with van der Waals surface area (Å²) in [5.74, 6) is 2.45. The molecule has 0 atom stereocenters. The van der Waals surface area contributed by atoms with Crippen molar-refractivity contribution in [1.82, 2.24) is 20.4 Å². The molecule has 1 aromatic heterocycles. The number of guanidine groups is 1. The van der Waals surface area contributed by atoms with Crippen LogP contribution < -0.4 is 20.1 Å². The number of ether oxygens (including phenoxy) is 2. The van der Waals surface area contributed by atoms with E-state index in [2.05, 4.69) is 22.7 Å². The average Bonchev–Trinajstić information content (AvgIpc) is 3.36. The number of nitrogens with one attached hydrogen (secondary N) is 2. The standard InChI is InChI=1S/C21H31N5O2.HI/c1-4-22-21(24-15-17-11-12-25-26(17)2)23-14-16-9-10-19(27-3)13-20(16)28-18-7-5-6-8-18;/h9-13,18H,4-8,14-15H2,1-3H3,(H2,22,23,24);1H. The first-order valence-corrected chi connectivity index (χ1v) is 10.0. The van der Waals surface area contributed by atoms with Crippen molar-refractivity contribution in [2.75, 3.05) is 13.7 Å². The Bertz CT molecular complexity index is 787.